The van der Waals surface area contributed by atoms with E-state index >= 15 is 0 Å². The van der Waals surface area contributed by atoms with Gasteiger partial charge in [0.15, 0.2) is 5.84 Å². The Morgan fingerprint density at radius 1 is 1.50 bits per heavy atom. The van der Waals surface area contributed by atoms with Gasteiger partial charge >= 0.3 is 0 Å². The molecular formula is C15H20N6O. The van der Waals surface area contributed by atoms with Gasteiger partial charge in [-0.05, 0) is 30.5 Å². The molecule has 0 saturated heterocycles. The highest BCUT2D eigenvalue weighted by atomic mass is 16.1. The number of nitrogens with one attached hydrogen (secondary N) is 3. The number of amides is 1. The Morgan fingerprint density at radius 2 is 2.18 bits per heavy atom. The molecule has 0 unspecified atom stereocenters. The van der Waals surface area contributed by atoms with Crippen LogP contribution >= 0.6 is 0 Å². The van der Waals surface area contributed by atoms with E-state index in [2.05, 4.69) is 15.8 Å². The van der Waals surface area contributed by atoms with Crippen LogP contribution < -0.4 is 16.5 Å². The summed E-state index contributed by atoms with van der Waals surface area (Å²) in [5, 5.41) is 22.6. The number of hydrazone groups is 1. The van der Waals surface area contributed by atoms with Crippen molar-refractivity contribution < 1.29 is 4.79 Å². The third-order valence-corrected chi connectivity index (χ3v) is 2.76. The molecule has 7 heteroatoms. The molecule has 22 heavy (non-hydrogen) atoms. The highest BCUT2D eigenvalue weighted by molar-refractivity contribution is 6.45. The van der Waals surface area contributed by atoms with Gasteiger partial charge in [-0.3, -0.25) is 15.6 Å². The first kappa shape index (κ1) is 17.2. The summed E-state index contributed by atoms with van der Waals surface area (Å²) in [5.41, 5.74) is 9.85. The number of carbonyl (C=O) groups is 1. The van der Waals surface area contributed by atoms with Crippen LogP contribution in [-0.2, 0) is 4.79 Å². The number of anilines is 2. The monoisotopic (exact) mass is 300 g/mol. The lowest BCUT2D eigenvalue weighted by atomic mass is 10.1. The zero-order chi connectivity index (χ0) is 16.7. The van der Waals surface area contributed by atoms with Gasteiger partial charge in [0.25, 0.3) is 0 Å². The van der Waals surface area contributed by atoms with Crippen molar-refractivity contribution in [2.75, 3.05) is 10.7 Å². The van der Waals surface area contributed by atoms with Crippen LogP contribution in [0.4, 0.5) is 11.4 Å². The molecule has 1 rings (SSSR count). The van der Waals surface area contributed by atoms with E-state index in [0.717, 1.165) is 5.56 Å². The largest absolute Gasteiger partial charge is 0.382 e. The Morgan fingerprint density at radius 3 is 2.73 bits per heavy atom. The number of benzene rings is 1. The third kappa shape index (κ3) is 5.25. The molecule has 0 aliphatic carbocycles. The Balaban J connectivity index is 2.89. The molecule has 7 nitrogen and oxygen atoms in total. The highest BCUT2D eigenvalue weighted by Crippen LogP contribution is 2.20. The van der Waals surface area contributed by atoms with E-state index < -0.39 is 5.84 Å². The van der Waals surface area contributed by atoms with Crippen LogP contribution in [0, 0.1) is 29.6 Å². The molecule has 0 bridgehead atoms. The molecule has 0 saturated carbocycles. The van der Waals surface area contributed by atoms with Crippen molar-refractivity contribution in [3.8, 4) is 6.07 Å². The Labute approximate surface area is 129 Å². The molecule has 0 radical (unpaired) electrons. The van der Waals surface area contributed by atoms with E-state index in [0.29, 0.717) is 17.8 Å². The average Bonchev–Trinajstić information content (AvgIpc) is 2.41. The van der Waals surface area contributed by atoms with Crippen molar-refractivity contribution >= 4 is 28.8 Å². The molecular weight excluding hydrogens is 280 g/mol. The minimum Gasteiger partial charge on any atom is -0.382 e. The maximum Gasteiger partial charge on any atom is 0.224 e. The van der Waals surface area contributed by atoms with Crippen molar-refractivity contribution in [2.45, 2.75) is 27.2 Å². The number of rotatable bonds is 6. The molecule has 116 valence electrons. The maximum absolute atomic E-state index is 11.8. The predicted octanol–water partition coefficient (Wildman–Crippen LogP) is 2.21. The van der Waals surface area contributed by atoms with Crippen molar-refractivity contribution in [2.24, 2.45) is 16.8 Å². The fourth-order valence-electron chi connectivity index (χ4n) is 1.66. The van der Waals surface area contributed by atoms with Crippen molar-refractivity contribution in [1.29, 1.82) is 10.7 Å². The van der Waals surface area contributed by atoms with Crippen LogP contribution in [0.25, 0.3) is 0 Å². The van der Waals surface area contributed by atoms with Crippen LogP contribution in [-0.4, -0.2) is 17.5 Å². The lowest BCUT2D eigenvalue weighted by Crippen LogP contribution is -2.22. The molecule has 1 aromatic carbocycles. The summed E-state index contributed by atoms with van der Waals surface area (Å²) in [6.07, 6.45) is 0.442. The van der Waals surface area contributed by atoms with Crippen LogP contribution in [0.2, 0.25) is 0 Å². The number of aryl methyl sites for hydroxylation is 1. The zero-order valence-electron chi connectivity index (χ0n) is 12.9. The lowest BCUT2D eigenvalue weighted by Gasteiger charge is -2.11. The van der Waals surface area contributed by atoms with Gasteiger partial charge in [0.2, 0.25) is 11.6 Å². The van der Waals surface area contributed by atoms with E-state index in [-0.39, 0.29) is 17.5 Å². The van der Waals surface area contributed by atoms with E-state index in [1.807, 2.05) is 26.8 Å². The van der Waals surface area contributed by atoms with Crippen LogP contribution in [0.1, 0.15) is 25.8 Å². The van der Waals surface area contributed by atoms with Crippen molar-refractivity contribution in [1.82, 2.24) is 0 Å². The van der Waals surface area contributed by atoms with Gasteiger partial charge in [-0.1, -0.05) is 19.9 Å². The summed E-state index contributed by atoms with van der Waals surface area (Å²) in [7, 11) is 0. The summed E-state index contributed by atoms with van der Waals surface area (Å²) in [6.45, 7) is 5.81. The minimum atomic E-state index is -0.408. The molecule has 5 N–H and O–H groups in total. The van der Waals surface area contributed by atoms with E-state index in [1.165, 1.54) is 0 Å². The topological polar surface area (TPSA) is 127 Å². The number of nitriles is 1. The lowest BCUT2D eigenvalue weighted by molar-refractivity contribution is -0.116. The molecule has 0 atom stereocenters. The number of hydrogen-bond acceptors (Lipinski definition) is 5. The Kier molecular flexibility index (Phi) is 6.08. The summed E-state index contributed by atoms with van der Waals surface area (Å²) >= 11 is 0. The average molecular weight is 300 g/mol. The molecule has 0 aliphatic heterocycles. The summed E-state index contributed by atoms with van der Waals surface area (Å²) in [6, 6.07) is 7.05. The molecule has 0 aromatic heterocycles. The van der Waals surface area contributed by atoms with Crippen molar-refractivity contribution in [3.63, 3.8) is 0 Å². The van der Waals surface area contributed by atoms with E-state index in [9.17, 15) is 4.79 Å². The number of nitrogens with zero attached hydrogens (tertiary/aromatic N) is 2. The SMILES string of the molecule is Cc1ccc(NC(=O)CC(C)C)cc1N/N=C(\C#N)C(=N)N. The Hall–Kier alpha value is -2.88. The van der Waals surface area contributed by atoms with Gasteiger partial charge in [0.1, 0.15) is 6.07 Å². The smallest absolute Gasteiger partial charge is 0.224 e. The minimum absolute atomic E-state index is 0.0604. The normalized spacial score (nSPS) is 11.0. The molecule has 0 spiro atoms. The summed E-state index contributed by atoms with van der Waals surface area (Å²) in [5.74, 6) is -0.190. The van der Waals surface area contributed by atoms with Gasteiger partial charge in [-0.2, -0.15) is 10.4 Å². The van der Waals surface area contributed by atoms with Gasteiger partial charge in [-0.25, -0.2) is 0 Å². The van der Waals surface area contributed by atoms with Gasteiger partial charge in [0, 0.05) is 12.1 Å². The first-order chi connectivity index (χ1) is 10.3. The predicted molar refractivity (Wildman–Crippen MR) is 87.8 cm³/mol. The number of hydrogen-bond donors (Lipinski definition) is 4. The van der Waals surface area contributed by atoms with Crippen molar-refractivity contribution in [3.05, 3.63) is 23.8 Å². The molecule has 0 heterocycles. The number of amidine groups is 1. The maximum atomic E-state index is 11.8. The molecule has 1 amide bonds. The summed E-state index contributed by atoms with van der Waals surface area (Å²) < 4.78 is 0. The van der Waals surface area contributed by atoms with Crippen LogP contribution in [0.3, 0.4) is 0 Å². The second-order valence-corrected chi connectivity index (χ2v) is 5.27. The summed E-state index contributed by atoms with van der Waals surface area (Å²) in [4.78, 5) is 11.8. The van der Waals surface area contributed by atoms with Crippen LogP contribution in [0.15, 0.2) is 23.3 Å². The molecule has 0 aliphatic rings. The highest BCUT2D eigenvalue weighted by Gasteiger charge is 2.07. The van der Waals surface area contributed by atoms with Gasteiger partial charge in [0.05, 0.1) is 5.69 Å². The first-order valence-electron chi connectivity index (χ1n) is 6.82. The number of carbonyl (C=O) groups excluding carboxylic acids is 1. The Bertz CT molecular complexity index is 642. The quantitative estimate of drug-likeness (QED) is 0.365. The fourth-order valence-corrected chi connectivity index (χ4v) is 1.66. The van der Waals surface area contributed by atoms with E-state index in [1.54, 1.807) is 18.2 Å². The van der Waals surface area contributed by atoms with Crippen LogP contribution in [0.5, 0.6) is 0 Å². The molecule has 1 aromatic rings. The second-order valence-electron chi connectivity index (χ2n) is 5.27. The van der Waals surface area contributed by atoms with Gasteiger partial charge in [-0.15, -0.1) is 0 Å². The number of nitrogens with two attached hydrogens (primary N) is 1. The second kappa shape index (κ2) is 7.78. The van der Waals surface area contributed by atoms with E-state index in [4.69, 9.17) is 16.4 Å². The third-order valence-electron chi connectivity index (χ3n) is 2.76. The first-order valence-corrected chi connectivity index (χ1v) is 6.82. The zero-order valence-corrected chi connectivity index (χ0v) is 12.9. The van der Waals surface area contributed by atoms with Gasteiger partial charge < -0.3 is 11.1 Å². The molecule has 0 fully saturated rings. The fraction of sp³-hybridized carbons (Fsp3) is 0.333. The standard InChI is InChI=1S/C15H20N6O/c1-9(2)6-14(22)19-11-5-4-10(3)12(7-11)20-21-13(8-16)15(17)18/h4-5,7,9,20H,6H2,1-3H3,(H3,17,18)(H,19,22)/b21-13+.